The van der Waals surface area contributed by atoms with E-state index in [1.165, 1.54) is 31.5 Å². The number of amides is 1. The molecule has 1 amide bonds. The molecule has 0 aromatic heterocycles. The Balaban J connectivity index is 1.48. The molecule has 3 nitrogen and oxygen atoms in total. The van der Waals surface area contributed by atoms with E-state index in [2.05, 4.69) is 22.3 Å². The van der Waals surface area contributed by atoms with Gasteiger partial charge in [-0.1, -0.05) is 42.5 Å². The molecule has 0 saturated carbocycles. The van der Waals surface area contributed by atoms with Crippen molar-refractivity contribution < 1.29 is 4.79 Å². The molecule has 1 saturated heterocycles. The largest absolute Gasteiger partial charge is 0.323 e. The fourth-order valence-electron chi connectivity index (χ4n) is 2.97. The maximum atomic E-state index is 12.0. The van der Waals surface area contributed by atoms with Crippen LogP contribution in [0.5, 0.6) is 0 Å². The minimum absolute atomic E-state index is 0.108. The van der Waals surface area contributed by atoms with Gasteiger partial charge >= 0.3 is 0 Å². The Labute approximate surface area is 144 Å². The van der Waals surface area contributed by atoms with Gasteiger partial charge in [0.1, 0.15) is 0 Å². The van der Waals surface area contributed by atoms with Crippen molar-refractivity contribution in [3.63, 3.8) is 0 Å². The Morgan fingerprint density at radius 1 is 1.00 bits per heavy atom. The van der Waals surface area contributed by atoms with Crippen molar-refractivity contribution in [1.29, 1.82) is 0 Å². The van der Waals surface area contributed by atoms with E-state index in [-0.39, 0.29) is 5.91 Å². The second-order valence-corrected chi connectivity index (χ2v) is 6.23. The van der Waals surface area contributed by atoms with E-state index in [4.69, 9.17) is 0 Å². The van der Waals surface area contributed by atoms with Crippen molar-refractivity contribution in [2.45, 2.75) is 19.3 Å². The molecule has 1 N–H and O–H groups in total. The van der Waals surface area contributed by atoms with Gasteiger partial charge in [0, 0.05) is 18.3 Å². The van der Waals surface area contributed by atoms with Gasteiger partial charge in [0.25, 0.3) is 0 Å². The molecule has 2 aromatic carbocycles. The second kappa shape index (κ2) is 8.46. The number of carbonyl (C=O) groups is 1. The predicted octanol–water partition coefficient (Wildman–Crippen LogP) is 3.98. The molecular weight excluding hydrogens is 296 g/mol. The molecule has 1 aliphatic heterocycles. The molecule has 0 atom stereocenters. The van der Waals surface area contributed by atoms with Crippen LogP contribution in [-0.2, 0) is 11.2 Å². The van der Waals surface area contributed by atoms with Crippen LogP contribution in [0.2, 0.25) is 0 Å². The Kier molecular flexibility index (Phi) is 5.80. The highest BCUT2D eigenvalue weighted by Crippen LogP contribution is 2.13. The summed E-state index contributed by atoms with van der Waals surface area (Å²) in [5, 5.41) is 2.90. The first-order chi connectivity index (χ1) is 11.8. The van der Waals surface area contributed by atoms with Crippen LogP contribution in [-0.4, -0.2) is 30.4 Å². The molecule has 0 unspecified atom stereocenters. The smallest absolute Gasteiger partial charge is 0.248 e. The summed E-state index contributed by atoms with van der Waals surface area (Å²) < 4.78 is 0. The zero-order chi connectivity index (χ0) is 16.6. The third-order valence-electron chi connectivity index (χ3n) is 4.36. The van der Waals surface area contributed by atoms with Gasteiger partial charge in [0.15, 0.2) is 0 Å². The second-order valence-electron chi connectivity index (χ2n) is 6.23. The van der Waals surface area contributed by atoms with E-state index < -0.39 is 0 Å². The minimum atomic E-state index is -0.108. The van der Waals surface area contributed by atoms with E-state index >= 15 is 0 Å². The summed E-state index contributed by atoms with van der Waals surface area (Å²) >= 11 is 0. The number of hydrogen-bond acceptors (Lipinski definition) is 2. The topological polar surface area (TPSA) is 32.3 Å². The first-order valence-electron chi connectivity index (χ1n) is 8.65. The van der Waals surface area contributed by atoms with Crippen LogP contribution in [0.4, 0.5) is 5.69 Å². The van der Waals surface area contributed by atoms with Gasteiger partial charge in [0.05, 0.1) is 0 Å². The average Bonchev–Trinajstić information content (AvgIpc) is 3.14. The number of anilines is 1. The van der Waals surface area contributed by atoms with Crippen molar-refractivity contribution >= 4 is 17.7 Å². The minimum Gasteiger partial charge on any atom is -0.323 e. The SMILES string of the molecule is O=C(C=Cc1ccccc1)Nc1ccc(CCN2CCCC2)cc1. The molecule has 3 rings (SSSR count). The Morgan fingerprint density at radius 2 is 1.71 bits per heavy atom. The molecule has 0 spiro atoms. The van der Waals surface area contributed by atoms with Crippen LogP contribution in [0.1, 0.15) is 24.0 Å². The number of nitrogens with zero attached hydrogens (tertiary/aromatic N) is 1. The quantitative estimate of drug-likeness (QED) is 0.817. The van der Waals surface area contributed by atoms with E-state index in [1.54, 1.807) is 6.08 Å². The predicted molar refractivity (Wildman–Crippen MR) is 99.9 cm³/mol. The number of carbonyl (C=O) groups excluding carboxylic acids is 1. The molecule has 2 aromatic rings. The van der Waals surface area contributed by atoms with E-state index in [9.17, 15) is 4.79 Å². The normalized spacial score (nSPS) is 15.0. The third kappa shape index (κ3) is 5.07. The number of hydrogen-bond donors (Lipinski definition) is 1. The molecule has 24 heavy (non-hydrogen) atoms. The van der Waals surface area contributed by atoms with Crippen LogP contribution in [0.25, 0.3) is 6.08 Å². The van der Waals surface area contributed by atoms with Gasteiger partial charge in [-0.2, -0.15) is 0 Å². The monoisotopic (exact) mass is 320 g/mol. The third-order valence-corrected chi connectivity index (χ3v) is 4.36. The summed E-state index contributed by atoms with van der Waals surface area (Å²) in [5.74, 6) is -0.108. The zero-order valence-corrected chi connectivity index (χ0v) is 13.9. The van der Waals surface area contributed by atoms with E-state index in [1.807, 2.05) is 48.5 Å². The first-order valence-corrected chi connectivity index (χ1v) is 8.65. The van der Waals surface area contributed by atoms with Gasteiger partial charge in [-0.05, 0) is 61.7 Å². The molecule has 1 fully saturated rings. The lowest BCUT2D eigenvalue weighted by Crippen LogP contribution is -2.21. The van der Waals surface area contributed by atoms with Gasteiger partial charge in [-0.15, -0.1) is 0 Å². The molecule has 3 heteroatoms. The van der Waals surface area contributed by atoms with Crippen LogP contribution >= 0.6 is 0 Å². The van der Waals surface area contributed by atoms with Gasteiger partial charge in [-0.25, -0.2) is 0 Å². The standard InChI is InChI=1S/C21H24N2O/c24-21(13-10-18-6-2-1-3-7-18)22-20-11-8-19(9-12-20)14-17-23-15-4-5-16-23/h1-3,6-13H,4-5,14-17H2,(H,22,24). The summed E-state index contributed by atoms with van der Waals surface area (Å²) in [5.41, 5.74) is 3.17. The van der Waals surface area contributed by atoms with Crippen LogP contribution in [0, 0.1) is 0 Å². The van der Waals surface area contributed by atoms with Crippen LogP contribution < -0.4 is 5.32 Å². The van der Waals surface area contributed by atoms with Crippen LogP contribution in [0.15, 0.2) is 60.7 Å². The van der Waals surface area contributed by atoms with Gasteiger partial charge in [0.2, 0.25) is 5.91 Å². The zero-order valence-electron chi connectivity index (χ0n) is 13.9. The molecule has 0 radical (unpaired) electrons. The molecule has 1 aliphatic rings. The summed E-state index contributed by atoms with van der Waals surface area (Å²) in [6.07, 6.45) is 7.13. The van der Waals surface area contributed by atoms with Crippen molar-refractivity contribution in [1.82, 2.24) is 4.90 Å². The van der Waals surface area contributed by atoms with Gasteiger partial charge in [-0.3, -0.25) is 4.79 Å². The molecule has 1 heterocycles. The first kappa shape index (κ1) is 16.5. The highest BCUT2D eigenvalue weighted by Gasteiger charge is 2.10. The summed E-state index contributed by atoms with van der Waals surface area (Å²) in [7, 11) is 0. The lowest BCUT2D eigenvalue weighted by Gasteiger charge is -2.14. The number of nitrogens with one attached hydrogen (secondary N) is 1. The van der Waals surface area contributed by atoms with Crippen molar-refractivity contribution in [2.24, 2.45) is 0 Å². The van der Waals surface area contributed by atoms with Gasteiger partial charge < -0.3 is 10.2 Å². The summed E-state index contributed by atoms with van der Waals surface area (Å²) in [4.78, 5) is 14.5. The highest BCUT2D eigenvalue weighted by molar-refractivity contribution is 6.01. The fourth-order valence-corrected chi connectivity index (χ4v) is 2.97. The number of benzene rings is 2. The van der Waals surface area contributed by atoms with Crippen LogP contribution in [0.3, 0.4) is 0 Å². The lowest BCUT2D eigenvalue weighted by atomic mass is 10.1. The maximum absolute atomic E-state index is 12.0. The van der Waals surface area contributed by atoms with Crippen molar-refractivity contribution in [2.75, 3.05) is 25.0 Å². The van der Waals surface area contributed by atoms with Crippen molar-refractivity contribution in [3.05, 3.63) is 71.8 Å². The molecule has 0 bridgehead atoms. The average molecular weight is 320 g/mol. The fraction of sp³-hybridized carbons (Fsp3) is 0.286. The van der Waals surface area contributed by atoms with E-state index in [0.717, 1.165) is 24.2 Å². The Hall–Kier alpha value is -2.39. The summed E-state index contributed by atoms with van der Waals surface area (Å²) in [6.45, 7) is 3.61. The number of rotatable bonds is 6. The van der Waals surface area contributed by atoms with E-state index in [0.29, 0.717) is 0 Å². The molecular formula is C21H24N2O. The molecule has 124 valence electrons. The lowest BCUT2D eigenvalue weighted by molar-refractivity contribution is -0.111. The summed E-state index contributed by atoms with van der Waals surface area (Å²) in [6, 6.07) is 18.0. The van der Waals surface area contributed by atoms with Crippen molar-refractivity contribution in [3.8, 4) is 0 Å². The molecule has 0 aliphatic carbocycles. The maximum Gasteiger partial charge on any atom is 0.248 e. The highest BCUT2D eigenvalue weighted by atomic mass is 16.1. The Morgan fingerprint density at radius 3 is 2.42 bits per heavy atom. The Bertz CT molecular complexity index is 671. The number of likely N-dealkylation sites (tertiary alicyclic amines) is 1.